The molecule has 1 aliphatic rings. The van der Waals surface area contributed by atoms with Crippen LogP contribution in [0.4, 0.5) is 0 Å². The van der Waals surface area contributed by atoms with Crippen molar-refractivity contribution >= 4 is 17.5 Å². The molecule has 11 heteroatoms. The summed E-state index contributed by atoms with van der Waals surface area (Å²) in [5, 5.41) is 4.65. The fraction of sp³-hybridized carbons (Fsp3) is 0.304. The first-order valence-corrected chi connectivity index (χ1v) is 10.9. The number of ether oxygens (including phenoxy) is 3. The molecule has 0 aliphatic carbocycles. The second-order valence-electron chi connectivity index (χ2n) is 7.51. The van der Waals surface area contributed by atoms with Gasteiger partial charge in [-0.05, 0) is 29.8 Å². The van der Waals surface area contributed by atoms with Crippen LogP contribution in [0.3, 0.4) is 0 Å². The zero-order valence-electron chi connectivity index (χ0n) is 18.7. The van der Waals surface area contributed by atoms with Crippen molar-refractivity contribution < 1.29 is 19.0 Å². The molecule has 2 heterocycles. The molecule has 3 aromatic rings. The average Bonchev–Trinajstić information content (AvgIpc) is 2.86. The molecular weight excluding hydrogens is 464 g/mol. The highest BCUT2D eigenvalue weighted by molar-refractivity contribution is 6.30. The monoisotopic (exact) mass is 486 g/mol. The molecule has 1 saturated heterocycles. The molecule has 1 aliphatic heterocycles. The van der Waals surface area contributed by atoms with Crippen LogP contribution < -0.4 is 20.7 Å². The van der Waals surface area contributed by atoms with E-state index in [0.29, 0.717) is 54.1 Å². The second-order valence-corrected chi connectivity index (χ2v) is 7.94. The first-order valence-electron chi connectivity index (χ1n) is 10.5. The maximum absolute atomic E-state index is 13.4. The topological polar surface area (TPSA) is 105 Å². The molecule has 0 atom stereocenters. The molecule has 2 aromatic carbocycles. The lowest BCUT2D eigenvalue weighted by Gasteiger charge is -2.26. The van der Waals surface area contributed by atoms with Crippen LogP contribution in [0.5, 0.6) is 11.5 Å². The quantitative estimate of drug-likeness (QED) is 0.521. The molecular formula is C23H23ClN4O6. The van der Waals surface area contributed by atoms with Crippen molar-refractivity contribution in [2.45, 2.75) is 6.54 Å². The Morgan fingerprint density at radius 1 is 1.06 bits per heavy atom. The fourth-order valence-electron chi connectivity index (χ4n) is 3.65. The predicted molar refractivity (Wildman–Crippen MR) is 124 cm³/mol. The minimum absolute atomic E-state index is 0.0859. The molecule has 0 unspecified atom stereocenters. The van der Waals surface area contributed by atoms with Crippen LogP contribution >= 0.6 is 11.6 Å². The van der Waals surface area contributed by atoms with E-state index in [1.54, 1.807) is 42.5 Å². The van der Waals surface area contributed by atoms with Crippen LogP contribution in [0.1, 0.15) is 16.1 Å². The van der Waals surface area contributed by atoms with Gasteiger partial charge in [-0.15, -0.1) is 0 Å². The molecule has 0 N–H and O–H groups in total. The summed E-state index contributed by atoms with van der Waals surface area (Å²) >= 11 is 6.08. The third-order valence-electron chi connectivity index (χ3n) is 5.40. The van der Waals surface area contributed by atoms with Gasteiger partial charge in [0.2, 0.25) is 5.69 Å². The summed E-state index contributed by atoms with van der Waals surface area (Å²) in [6, 6.07) is 11.5. The lowest BCUT2D eigenvalue weighted by Crippen LogP contribution is -2.48. The molecule has 0 saturated carbocycles. The standard InChI is InChI=1S/C23H23ClN4O6/c1-32-18-7-6-17(13-19(18)33-2)28-23(31)27(14-15-4-3-5-16(24)12-15)22(30)20(25-28)21(29)26-8-10-34-11-9-26/h3-7,12-13H,8-11,14H2,1-2H3. The lowest BCUT2D eigenvalue weighted by molar-refractivity contribution is 0.0295. The predicted octanol–water partition coefficient (Wildman–Crippen LogP) is 1.59. The van der Waals surface area contributed by atoms with Gasteiger partial charge in [0.1, 0.15) is 0 Å². The van der Waals surface area contributed by atoms with Gasteiger partial charge in [-0.3, -0.25) is 14.2 Å². The van der Waals surface area contributed by atoms with Crippen molar-refractivity contribution in [3.05, 3.63) is 79.6 Å². The number of halogens is 1. The summed E-state index contributed by atoms with van der Waals surface area (Å²) in [6.07, 6.45) is 0. The van der Waals surface area contributed by atoms with Crippen LogP contribution in [0.15, 0.2) is 52.1 Å². The van der Waals surface area contributed by atoms with Crippen molar-refractivity contribution in [2.75, 3.05) is 40.5 Å². The van der Waals surface area contributed by atoms with Gasteiger partial charge in [0.15, 0.2) is 11.5 Å². The average molecular weight is 487 g/mol. The molecule has 1 fully saturated rings. The van der Waals surface area contributed by atoms with E-state index in [9.17, 15) is 14.4 Å². The smallest absolute Gasteiger partial charge is 0.352 e. The zero-order valence-corrected chi connectivity index (χ0v) is 19.4. The van der Waals surface area contributed by atoms with Gasteiger partial charge in [-0.2, -0.15) is 9.78 Å². The number of carbonyl (C=O) groups excluding carboxylic acids is 1. The van der Waals surface area contributed by atoms with Gasteiger partial charge in [-0.1, -0.05) is 23.7 Å². The Kier molecular flexibility index (Phi) is 6.99. The molecule has 1 amide bonds. The number of hydrogen-bond donors (Lipinski definition) is 0. The minimum atomic E-state index is -0.779. The van der Waals surface area contributed by atoms with E-state index in [1.807, 2.05) is 0 Å². The Labute approximate surface area is 199 Å². The zero-order chi connectivity index (χ0) is 24.2. The first-order chi connectivity index (χ1) is 16.4. The Balaban J connectivity index is 1.89. The SMILES string of the molecule is COc1ccc(-n2nc(C(=O)N3CCOCC3)c(=O)n(Cc3cccc(Cl)c3)c2=O)cc1OC. The van der Waals surface area contributed by atoms with Crippen LogP contribution in [-0.4, -0.2) is 65.7 Å². The van der Waals surface area contributed by atoms with Crippen molar-refractivity contribution in [1.82, 2.24) is 19.2 Å². The van der Waals surface area contributed by atoms with Crippen LogP contribution in [0.25, 0.3) is 5.69 Å². The number of amides is 1. The number of aromatic nitrogens is 3. The van der Waals surface area contributed by atoms with Crippen LogP contribution in [0, 0.1) is 0 Å². The summed E-state index contributed by atoms with van der Waals surface area (Å²) in [4.78, 5) is 41.4. The summed E-state index contributed by atoms with van der Waals surface area (Å²) in [5.74, 6) is 0.251. The van der Waals surface area contributed by atoms with E-state index in [2.05, 4.69) is 5.10 Å². The number of nitrogens with zero attached hydrogens (tertiary/aromatic N) is 4. The number of rotatable bonds is 6. The van der Waals surface area contributed by atoms with Gasteiger partial charge < -0.3 is 19.1 Å². The third kappa shape index (κ3) is 4.68. The highest BCUT2D eigenvalue weighted by atomic mass is 35.5. The molecule has 10 nitrogen and oxygen atoms in total. The molecule has 4 rings (SSSR count). The fourth-order valence-corrected chi connectivity index (χ4v) is 3.86. The van der Waals surface area contributed by atoms with E-state index < -0.39 is 17.2 Å². The van der Waals surface area contributed by atoms with E-state index in [-0.39, 0.29) is 12.2 Å². The molecule has 1 aromatic heterocycles. The maximum Gasteiger partial charge on any atom is 0.352 e. The van der Waals surface area contributed by atoms with Gasteiger partial charge >= 0.3 is 5.69 Å². The summed E-state index contributed by atoms with van der Waals surface area (Å²) in [5.41, 5.74) is -0.924. The first kappa shape index (κ1) is 23.5. The highest BCUT2D eigenvalue weighted by Crippen LogP contribution is 2.28. The molecule has 0 spiro atoms. The Bertz CT molecular complexity index is 1330. The lowest BCUT2D eigenvalue weighted by atomic mass is 10.2. The molecule has 0 radical (unpaired) electrons. The Hall–Kier alpha value is -3.63. The van der Waals surface area contributed by atoms with Gasteiger partial charge in [0.05, 0.1) is 39.7 Å². The molecule has 34 heavy (non-hydrogen) atoms. The van der Waals surface area contributed by atoms with E-state index in [4.69, 9.17) is 25.8 Å². The van der Waals surface area contributed by atoms with Crippen molar-refractivity contribution in [2.24, 2.45) is 0 Å². The van der Waals surface area contributed by atoms with Gasteiger partial charge in [0.25, 0.3) is 11.5 Å². The van der Waals surface area contributed by atoms with Crippen LogP contribution in [0.2, 0.25) is 5.02 Å². The second kappa shape index (κ2) is 10.1. The van der Waals surface area contributed by atoms with Gasteiger partial charge in [0, 0.05) is 24.2 Å². The normalized spacial score (nSPS) is 13.6. The van der Waals surface area contributed by atoms with Crippen molar-refractivity contribution in [1.29, 1.82) is 0 Å². The third-order valence-corrected chi connectivity index (χ3v) is 5.64. The maximum atomic E-state index is 13.4. The van der Waals surface area contributed by atoms with Crippen LogP contribution in [-0.2, 0) is 11.3 Å². The Morgan fingerprint density at radius 3 is 2.47 bits per heavy atom. The summed E-state index contributed by atoms with van der Waals surface area (Å²) in [7, 11) is 2.96. The summed E-state index contributed by atoms with van der Waals surface area (Å²) < 4.78 is 17.9. The number of methoxy groups -OCH3 is 2. The number of benzene rings is 2. The summed E-state index contributed by atoms with van der Waals surface area (Å²) in [6.45, 7) is 1.28. The number of morpholine rings is 1. The van der Waals surface area contributed by atoms with E-state index in [0.717, 1.165) is 9.25 Å². The van der Waals surface area contributed by atoms with E-state index in [1.165, 1.54) is 19.1 Å². The highest BCUT2D eigenvalue weighted by Gasteiger charge is 2.26. The number of hydrogen-bond acceptors (Lipinski definition) is 7. The Morgan fingerprint density at radius 2 is 1.79 bits per heavy atom. The number of carbonyl (C=O) groups is 1. The molecule has 0 bridgehead atoms. The van der Waals surface area contributed by atoms with Crippen molar-refractivity contribution in [3.63, 3.8) is 0 Å². The van der Waals surface area contributed by atoms with Crippen molar-refractivity contribution in [3.8, 4) is 17.2 Å². The largest absolute Gasteiger partial charge is 0.493 e. The minimum Gasteiger partial charge on any atom is -0.493 e. The van der Waals surface area contributed by atoms with Gasteiger partial charge in [-0.25, -0.2) is 4.79 Å². The molecule has 178 valence electrons. The van der Waals surface area contributed by atoms with E-state index >= 15 is 0 Å².